The molecule has 5 rings (SSSR count). The maximum absolute atomic E-state index is 13.7. The first-order valence-electron chi connectivity index (χ1n) is 11.4. The van der Waals surface area contributed by atoms with E-state index in [4.69, 9.17) is 4.74 Å². The van der Waals surface area contributed by atoms with Crippen molar-refractivity contribution in [3.8, 4) is 11.5 Å². The number of nitrogens with zero attached hydrogens (tertiary/aromatic N) is 1. The molecule has 4 amide bonds. The van der Waals surface area contributed by atoms with Crippen molar-refractivity contribution in [1.82, 2.24) is 10.2 Å². The Kier molecular flexibility index (Phi) is 6.19. The molecule has 0 aliphatic carbocycles. The fourth-order valence-corrected chi connectivity index (χ4v) is 4.26. The van der Waals surface area contributed by atoms with Crippen LogP contribution in [0.5, 0.6) is 11.5 Å². The van der Waals surface area contributed by atoms with Crippen molar-refractivity contribution in [3.63, 3.8) is 0 Å². The van der Waals surface area contributed by atoms with Crippen LogP contribution in [0.2, 0.25) is 0 Å². The number of nitrogens with one attached hydrogen (secondary N) is 2. The van der Waals surface area contributed by atoms with Crippen LogP contribution in [0.25, 0.3) is 0 Å². The summed E-state index contributed by atoms with van der Waals surface area (Å²) in [4.78, 5) is 40.5. The van der Waals surface area contributed by atoms with Crippen LogP contribution in [0.1, 0.15) is 11.1 Å². The monoisotopic (exact) mass is 477 g/mol. The minimum Gasteiger partial charge on any atom is -0.457 e. The third kappa shape index (κ3) is 4.42. The van der Waals surface area contributed by atoms with Gasteiger partial charge >= 0.3 is 6.03 Å². The molecule has 4 aromatic rings. The molecule has 0 atom stereocenters. The number of para-hydroxylation sites is 1. The molecule has 36 heavy (non-hydrogen) atoms. The van der Waals surface area contributed by atoms with Gasteiger partial charge in [0, 0.05) is 11.8 Å². The van der Waals surface area contributed by atoms with E-state index in [-0.39, 0.29) is 0 Å². The van der Waals surface area contributed by atoms with Crippen molar-refractivity contribution < 1.29 is 19.1 Å². The van der Waals surface area contributed by atoms with Gasteiger partial charge in [0.05, 0.1) is 0 Å². The molecular weight excluding hydrogens is 454 g/mol. The number of carbonyl (C=O) groups excluding carboxylic acids is 3. The Bertz CT molecular complexity index is 1350. The van der Waals surface area contributed by atoms with Gasteiger partial charge in [-0.2, -0.15) is 0 Å². The third-order valence-electron chi connectivity index (χ3n) is 5.92. The minimum absolute atomic E-state index is 0.435. The van der Waals surface area contributed by atoms with E-state index in [0.29, 0.717) is 28.3 Å². The highest BCUT2D eigenvalue weighted by molar-refractivity contribution is 6.12. The number of rotatable bonds is 7. The van der Waals surface area contributed by atoms with E-state index in [9.17, 15) is 14.4 Å². The lowest BCUT2D eigenvalue weighted by Crippen LogP contribution is -2.45. The number of urea groups is 1. The van der Waals surface area contributed by atoms with Crippen LogP contribution >= 0.6 is 0 Å². The van der Waals surface area contributed by atoms with Gasteiger partial charge in [0.25, 0.3) is 5.91 Å². The number of amides is 4. The van der Waals surface area contributed by atoms with Crippen LogP contribution in [0, 0.1) is 0 Å². The smallest absolute Gasteiger partial charge is 0.326 e. The normalized spacial score (nSPS) is 14.3. The van der Waals surface area contributed by atoms with Crippen molar-refractivity contribution in [2.45, 2.75) is 5.54 Å². The highest BCUT2D eigenvalue weighted by atomic mass is 16.5. The van der Waals surface area contributed by atoms with Gasteiger partial charge in [-0.15, -0.1) is 0 Å². The van der Waals surface area contributed by atoms with Gasteiger partial charge < -0.3 is 15.4 Å². The molecule has 7 heteroatoms. The summed E-state index contributed by atoms with van der Waals surface area (Å²) in [6.45, 7) is -0.435. The van der Waals surface area contributed by atoms with E-state index in [0.717, 1.165) is 4.90 Å². The zero-order valence-corrected chi connectivity index (χ0v) is 19.3. The molecule has 2 N–H and O–H groups in total. The molecule has 4 aromatic carbocycles. The molecule has 0 bridgehead atoms. The fourth-order valence-electron chi connectivity index (χ4n) is 4.26. The van der Waals surface area contributed by atoms with Gasteiger partial charge in [-0.05, 0) is 35.4 Å². The maximum Gasteiger partial charge on any atom is 0.326 e. The quantitative estimate of drug-likeness (QED) is 0.370. The third-order valence-corrected chi connectivity index (χ3v) is 5.92. The number of carbonyl (C=O) groups is 3. The Labute approximate surface area is 208 Å². The van der Waals surface area contributed by atoms with Gasteiger partial charge in [0.1, 0.15) is 18.0 Å². The Morgan fingerprint density at radius 2 is 1.31 bits per heavy atom. The summed E-state index contributed by atoms with van der Waals surface area (Å²) in [5, 5.41) is 5.59. The van der Waals surface area contributed by atoms with Crippen molar-refractivity contribution in [1.29, 1.82) is 0 Å². The molecular formula is C29H23N3O4. The van der Waals surface area contributed by atoms with Crippen molar-refractivity contribution in [2.24, 2.45) is 0 Å². The van der Waals surface area contributed by atoms with Gasteiger partial charge in [-0.1, -0.05) is 84.9 Å². The first-order chi connectivity index (χ1) is 17.6. The Morgan fingerprint density at radius 1 is 0.750 bits per heavy atom. The van der Waals surface area contributed by atoms with E-state index < -0.39 is 29.9 Å². The lowest BCUT2D eigenvalue weighted by Gasteiger charge is -2.28. The molecule has 0 unspecified atom stereocenters. The average molecular weight is 478 g/mol. The van der Waals surface area contributed by atoms with Crippen molar-refractivity contribution in [3.05, 3.63) is 126 Å². The van der Waals surface area contributed by atoms with Crippen molar-refractivity contribution >= 4 is 23.5 Å². The van der Waals surface area contributed by atoms with Crippen LogP contribution in [0.4, 0.5) is 10.5 Å². The molecule has 7 nitrogen and oxygen atoms in total. The molecule has 0 spiro atoms. The largest absolute Gasteiger partial charge is 0.457 e. The highest BCUT2D eigenvalue weighted by Crippen LogP contribution is 2.36. The number of imide groups is 1. The number of anilines is 1. The van der Waals surface area contributed by atoms with E-state index in [1.807, 2.05) is 42.5 Å². The van der Waals surface area contributed by atoms with Crippen LogP contribution in [0.15, 0.2) is 115 Å². The molecule has 1 aliphatic heterocycles. The van der Waals surface area contributed by atoms with Crippen LogP contribution in [-0.4, -0.2) is 29.3 Å². The lowest BCUT2D eigenvalue weighted by molar-refractivity contribution is -0.133. The van der Waals surface area contributed by atoms with E-state index in [1.165, 1.54) is 0 Å². The molecule has 178 valence electrons. The molecule has 0 radical (unpaired) electrons. The zero-order chi connectivity index (χ0) is 25.0. The Morgan fingerprint density at radius 3 is 1.92 bits per heavy atom. The second kappa shape index (κ2) is 9.76. The molecule has 0 aromatic heterocycles. The summed E-state index contributed by atoms with van der Waals surface area (Å²) in [7, 11) is 0. The topological polar surface area (TPSA) is 87.7 Å². The summed E-state index contributed by atoms with van der Waals surface area (Å²) >= 11 is 0. The van der Waals surface area contributed by atoms with Crippen LogP contribution < -0.4 is 15.4 Å². The van der Waals surface area contributed by atoms with Crippen molar-refractivity contribution in [2.75, 3.05) is 11.9 Å². The number of ether oxygens (including phenoxy) is 1. The van der Waals surface area contributed by atoms with Gasteiger partial charge in [-0.25, -0.2) is 4.79 Å². The SMILES string of the molecule is O=C(CN1C(=O)NC(c2ccccc2)(c2ccccc2)C1=O)Nc1cccc(Oc2ccccc2)c1. The van der Waals surface area contributed by atoms with Gasteiger partial charge in [0.15, 0.2) is 5.54 Å². The van der Waals surface area contributed by atoms with Crippen LogP contribution in [0.3, 0.4) is 0 Å². The minimum atomic E-state index is -1.41. The molecule has 0 saturated carbocycles. The summed E-state index contributed by atoms with van der Waals surface area (Å²) in [5.41, 5.74) is 0.299. The summed E-state index contributed by atoms with van der Waals surface area (Å²) in [6, 6.07) is 33.6. The van der Waals surface area contributed by atoms with E-state index >= 15 is 0 Å². The van der Waals surface area contributed by atoms with Gasteiger partial charge in [-0.3, -0.25) is 14.5 Å². The van der Waals surface area contributed by atoms with E-state index in [1.54, 1.807) is 72.8 Å². The fraction of sp³-hybridized carbons (Fsp3) is 0.0690. The molecule has 1 aliphatic rings. The Balaban J connectivity index is 1.35. The van der Waals surface area contributed by atoms with E-state index in [2.05, 4.69) is 10.6 Å². The lowest BCUT2D eigenvalue weighted by atomic mass is 9.82. The first-order valence-corrected chi connectivity index (χ1v) is 11.4. The predicted octanol–water partition coefficient (Wildman–Crippen LogP) is 4.91. The molecule has 1 heterocycles. The van der Waals surface area contributed by atoms with Gasteiger partial charge in [0.2, 0.25) is 5.91 Å². The number of benzene rings is 4. The number of hydrogen-bond donors (Lipinski definition) is 2. The highest BCUT2D eigenvalue weighted by Gasteiger charge is 2.54. The molecule has 1 fully saturated rings. The second-order valence-electron chi connectivity index (χ2n) is 8.29. The molecule has 1 saturated heterocycles. The number of hydrogen-bond acceptors (Lipinski definition) is 4. The second-order valence-corrected chi connectivity index (χ2v) is 8.29. The average Bonchev–Trinajstić information content (AvgIpc) is 3.16. The predicted molar refractivity (Wildman–Crippen MR) is 135 cm³/mol. The summed E-state index contributed by atoms with van der Waals surface area (Å²) in [6.07, 6.45) is 0. The summed E-state index contributed by atoms with van der Waals surface area (Å²) < 4.78 is 5.81. The standard InChI is InChI=1S/C29H23N3O4/c33-26(30-23-15-10-18-25(19-23)36-24-16-8-3-9-17-24)20-32-27(34)29(31-28(32)35,21-11-4-1-5-12-21)22-13-6-2-7-14-22/h1-19H,20H2,(H,30,33)(H,31,35). The Hall–Kier alpha value is -4.91. The summed E-state index contributed by atoms with van der Waals surface area (Å²) in [5.74, 6) is 0.188. The zero-order valence-electron chi connectivity index (χ0n) is 19.3. The van der Waals surface area contributed by atoms with Crippen LogP contribution in [-0.2, 0) is 15.1 Å². The first kappa shape index (κ1) is 22.9. The maximum atomic E-state index is 13.7.